The van der Waals surface area contributed by atoms with E-state index >= 15 is 0 Å². The van der Waals surface area contributed by atoms with E-state index in [1.807, 2.05) is 17.2 Å². The Labute approximate surface area is 126 Å². The van der Waals surface area contributed by atoms with Gasteiger partial charge in [-0.15, -0.1) is 0 Å². The van der Waals surface area contributed by atoms with Gasteiger partial charge in [0.05, 0.1) is 5.41 Å². The minimum absolute atomic E-state index is 0.231. The van der Waals surface area contributed by atoms with Crippen LogP contribution in [-0.4, -0.2) is 53.4 Å². The Morgan fingerprint density at radius 2 is 2.05 bits per heavy atom. The number of piperazine rings is 1. The van der Waals surface area contributed by atoms with Gasteiger partial charge in [-0.25, -0.2) is 0 Å². The molecular formula is C16H24N4O. The summed E-state index contributed by atoms with van der Waals surface area (Å²) in [6.07, 6.45) is 6.79. The summed E-state index contributed by atoms with van der Waals surface area (Å²) in [6.45, 7) is 4.92. The summed E-state index contributed by atoms with van der Waals surface area (Å²) in [5, 5.41) is 0. The molecule has 1 aromatic rings. The van der Waals surface area contributed by atoms with E-state index in [0.717, 1.165) is 52.0 Å². The fourth-order valence-corrected chi connectivity index (χ4v) is 3.30. The fourth-order valence-electron chi connectivity index (χ4n) is 3.30. The molecule has 1 aromatic heterocycles. The number of carbonyl (C=O) groups is 1. The molecule has 5 nitrogen and oxygen atoms in total. The van der Waals surface area contributed by atoms with Gasteiger partial charge in [0, 0.05) is 51.7 Å². The number of hydrogen-bond donors (Lipinski definition) is 1. The van der Waals surface area contributed by atoms with Gasteiger partial charge in [-0.1, -0.05) is 12.5 Å². The van der Waals surface area contributed by atoms with Gasteiger partial charge in [-0.05, 0) is 24.5 Å². The van der Waals surface area contributed by atoms with Crippen LogP contribution in [0.25, 0.3) is 0 Å². The van der Waals surface area contributed by atoms with Crippen molar-refractivity contribution in [3.63, 3.8) is 0 Å². The third-order valence-corrected chi connectivity index (χ3v) is 4.94. The van der Waals surface area contributed by atoms with Crippen LogP contribution in [-0.2, 0) is 11.3 Å². The lowest BCUT2D eigenvalue weighted by Gasteiger charge is -2.45. The maximum absolute atomic E-state index is 12.6. The summed E-state index contributed by atoms with van der Waals surface area (Å²) in [7, 11) is 0. The van der Waals surface area contributed by atoms with Crippen molar-refractivity contribution in [3.05, 3.63) is 30.1 Å². The van der Waals surface area contributed by atoms with Crippen LogP contribution in [0.5, 0.6) is 0 Å². The summed E-state index contributed by atoms with van der Waals surface area (Å²) in [5.74, 6) is 0.289. The smallest absolute Gasteiger partial charge is 0.230 e. The summed E-state index contributed by atoms with van der Waals surface area (Å²) in [5.41, 5.74) is 6.84. The maximum Gasteiger partial charge on any atom is 0.230 e. The zero-order valence-electron chi connectivity index (χ0n) is 12.5. The zero-order valence-corrected chi connectivity index (χ0v) is 12.5. The van der Waals surface area contributed by atoms with E-state index < -0.39 is 0 Å². The van der Waals surface area contributed by atoms with Crippen LogP contribution in [0.15, 0.2) is 24.5 Å². The quantitative estimate of drug-likeness (QED) is 0.892. The molecule has 21 heavy (non-hydrogen) atoms. The number of hydrogen-bond acceptors (Lipinski definition) is 4. The maximum atomic E-state index is 12.6. The zero-order chi connectivity index (χ0) is 14.7. The molecule has 3 rings (SSSR count). The first-order chi connectivity index (χ1) is 10.2. The molecule has 0 bridgehead atoms. The molecule has 2 fully saturated rings. The lowest BCUT2D eigenvalue weighted by atomic mass is 9.67. The average Bonchev–Trinajstić information content (AvgIpc) is 2.48. The topological polar surface area (TPSA) is 62.5 Å². The second-order valence-corrected chi connectivity index (χ2v) is 6.27. The molecule has 0 spiro atoms. The van der Waals surface area contributed by atoms with Crippen LogP contribution >= 0.6 is 0 Å². The van der Waals surface area contributed by atoms with Gasteiger partial charge in [-0.2, -0.15) is 0 Å². The Morgan fingerprint density at radius 1 is 1.29 bits per heavy atom. The van der Waals surface area contributed by atoms with Crippen LogP contribution in [0.2, 0.25) is 0 Å². The van der Waals surface area contributed by atoms with E-state index in [1.54, 1.807) is 6.20 Å². The number of carbonyl (C=O) groups excluding carboxylic acids is 1. The third-order valence-electron chi connectivity index (χ3n) is 4.94. The van der Waals surface area contributed by atoms with E-state index in [-0.39, 0.29) is 11.3 Å². The molecule has 0 radical (unpaired) electrons. The number of aromatic nitrogens is 1. The van der Waals surface area contributed by atoms with Crippen LogP contribution in [0.1, 0.15) is 24.8 Å². The first kappa shape index (κ1) is 14.5. The van der Waals surface area contributed by atoms with E-state index in [0.29, 0.717) is 6.54 Å². The monoisotopic (exact) mass is 288 g/mol. The van der Waals surface area contributed by atoms with E-state index in [4.69, 9.17) is 5.73 Å². The molecule has 1 saturated heterocycles. The molecule has 5 heteroatoms. The van der Waals surface area contributed by atoms with E-state index in [2.05, 4.69) is 16.0 Å². The molecule has 1 saturated carbocycles. The van der Waals surface area contributed by atoms with Crippen LogP contribution < -0.4 is 5.73 Å². The molecule has 114 valence electrons. The SMILES string of the molecule is NCC1(C(=O)N2CCN(Cc3cccnc3)CC2)CCC1. The van der Waals surface area contributed by atoms with Gasteiger partial charge < -0.3 is 10.6 Å². The van der Waals surface area contributed by atoms with Gasteiger partial charge >= 0.3 is 0 Å². The molecular weight excluding hydrogens is 264 g/mol. The molecule has 2 aliphatic rings. The lowest BCUT2D eigenvalue weighted by molar-refractivity contribution is -0.148. The van der Waals surface area contributed by atoms with Crippen molar-refractivity contribution in [2.24, 2.45) is 11.1 Å². The van der Waals surface area contributed by atoms with Gasteiger partial charge in [0.25, 0.3) is 0 Å². The van der Waals surface area contributed by atoms with Gasteiger partial charge in [-0.3, -0.25) is 14.7 Å². The van der Waals surface area contributed by atoms with Crippen molar-refractivity contribution in [2.45, 2.75) is 25.8 Å². The molecule has 2 heterocycles. The Bertz CT molecular complexity index is 473. The van der Waals surface area contributed by atoms with Crippen molar-refractivity contribution in [1.29, 1.82) is 0 Å². The van der Waals surface area contributed by atoms with E-state index in [1.165, 1.54) is 5.56 Å². The van der Waals surface area contributed by atoms with E-state index in [9.17, 15) is 4.79 Å². The van der Waals surface area contributed by atoms with Crippen molar-refractivity contribution < 1.29 is 4.79 Å². The molecule has 1 amide bonds. The van der Waals surface area contributed by atoms with Crippen LogP contribution in [0, 0.1) is 5.41 Å². The lowest BCUT2D eigenvalue weighted by Crippen LogP contribution is -2.56. The van der Waals surface area contributed by atoms with Crippen molar-refractivity contribution >= 4 is 5.91 Å². The number of nitrogens with zero attached hydrogens (tertiary/aromatic N) is 3. The second kappa shape index (κ2) is 6.12. The fraction of sp³-hybridized carbons (Fsp3) is 0.625. The predicted octanol–water partition coefficient (Wildman–Crippen LogP) is 0.855. The predicted molar refractivity (Wildman–Crippen MR) is 81.4 cm³/mol. The molecule has 1 aliphatic carbocycles. The summed E-state index contributed by atoms with van der Waals surface area (Å²) < 4.78 is 0. The first-order valence-electron chi connectivity index (χ1n) is 7.84. The van der Waals surface area contributed by atoms with Crippen molar-refractivity contribution in [1.82, 2.24) is 14.8 Å². The van der Waals surface area contributed by atoms with Crippen molar-refractivity contribution in [2.75, 3.05) is 32.7 Å². The number of amides is 1. The average molecular weight is 288 g/mol. The summed E-state index contributed by atoms with van der Waals surface area (Å²) in [4.78, 5) is 21.2. The van der Waals surface area contributed by atoms with Crippen LogP contribution in [0.3, 0.4) is 0 Å². The summed E-state index contributed by atoms with van der Waals surface area (Å²) in [6, 6.07) is 4.07. The molecule has 1 aliphatic heterocycles. The highest BCUT2D eigenvalue weighted by atomic mass is 16.2. The molecule has 0 atom stereocenters. The molecule has 2 N–H and O–H groups in total. The van der Waals surface area contributed by atoms with Gasteiger partial charge in [0.1, 0.15) is 0 Å². The first-order valence-corrected chi connectivity index (χ1v) is 7.84. The Hall–Kier alpha value is -1.46. The van der Waals surface area contributed by atoms with Crippen LogP contribution in [0.4, 0.5) is 0 Å². The Kier molecular flexibility index (Phi) is 4.22. The number of pyridine rings is 1. The normalized spacial score (nSPS) is 21.9. The number of rotatable bonds is 4. The Balaban J connectivity index is 1.52. The standard InChI is InChI=1S/C16H24N4O/c17-13-16(4-2-5-16)15(21)20-9-7-19(8-10-20)12-14-3-1-6-18-11-14/h1,3,6,11H,2,4-5,7-10,12-13,17H2. The molecule has 0 aromatic carbocycles. The van der Waals surface area contributed by atoms with Gasteiger partial charge in [0.15, 0.2) is 0 Å². The highest BCUT2D eigenvalue weighted by molar-refractivity contribution is 5.84. The largest absolute Gasteiger partial charge is 0.340 e. The third kappa shape index (κ3) is 2.94. The molecule has 0 unspecified atom stereocenters. The highest BCUT2D eigenvalue weighted by Crippen LogP contribution is 2.41. The number of nitrogens with two attached hydrogens (primary N) is 1. The highest BCUT2D eigenvalue weighted by Gasteiger charge is 2.45. The minimum atomic E-state index is -0.231. The second-order valence-electron chi connectivity index (χ2n) is 6.27. The summed E-state index contributed by atoms with van der Waals surface area (Å²) >= 11 is 0. The van der Waals surface area contributed by atoms with Gasteiger partial charge in [0.2, 0.25) is 5.91 Å². The van der Waals surface area contributed by atoms with Crippen molar-refractivity contribution in [3.8, 4) is 0 Å². The minimum Gasteiger partial charge on any atom is -0.340 e. The Morgan fingerprint density at radius 3 is 2.57 bits per heavy atom.